The van der Waals surface area contributed by atoms with Crippen molar-refractivity contribution < 1.29 is 13.5 Å². The standard InChI is InChI=1S/C17H19F2NO/c1-3-21-17-7-5-4-6-13(17)11-20-12(2)15-9-8-14(18)10-16(15)19/h4-10,12,20H,3,11H2,1-2H3. The normalized spacial score (nSPS) is 12.2. The Kier molecular flexibility index (Phi) is 5.28. The van der Waals surface area contributed by atoms with Gasteiger partial charge in [0.15, 0.2) is 0 Å². The Bertz CT molecular complexity index is 601. The molecule has 2 aromatic rings. The van der Waals surface area contributed by atoms with E-state index in [1.165, 1.54) is 12.1 Å². The van der Waals surface area contributed by atoms with Gasteiger partial charge in [-0.1, -0.05) is 24.3 Å². The van der Waals surface area contributed by atoms with Crippen molar-refractivity contribution in [2.75, 3.05) is 6.61 Å². The molecule has 0 saturated heterocycles. The molecule has 0 heterocycles. The zero-order valence-electron chi connectivity index (χ0n) is 12.2. The first-order valence-electron chi connectivity index (χ1n) is 7.01. The summed E-state index contributed by atoms with van der Waals surface area (Å²) in [7, 11) is 0. The molecule has 0 aliphatic rings. The third-order valence-corrected chi connectivity index (χ3v) is 3.30. The van der Waals surface area contributed by atoms with Crippen LogP contribution in [-0.2, 0) is 6.54 Å². The minimum Gasteiger partial charge on any atom is -0.494 e. The van der Waals surface area contributed by atoms with Crippen molar-refractivity contribution in [1.29, 1.82) is 0 Å². The molecule has 2 nitrogen and oxygen atoms in total. The highest BCUT2D eigenvalue weighted by Crippen LogP contribution is 2.21. The quantitative estimate of drug-likeness (QED) is 0.860. The Labute approximate surface area is 123 Å². The number of para-hydroxylation sites is 1. The van der Waals surface area contributed by atoms with E-state index in [1.54, 1.807) is 0 Å². The van der Waals surface area contributed by atoms with E-state index in [4.69, 9.17) is 4.74 Å². The maximum absolute atomic E-state index is 13.7. The summed E-state index contributed by atoms with van der Waals surface area (Å²) in [5.41, 5.74) is 1.46. The minimum absolute atomic E-state index is 0.222. The minimum atomic E-state index is -0.565. The molecule has 0 aliphatic heterocycles. The van der Waals surface area contributed by atoms with Crippen molar-refractivity contribution in [2.45, 2.75) is 26.4 Å². The highest BCUT2D eigenvalue weighted by molar-refractivity contribution is 5.33. The van der Waals surface area contributed by atoms with Gasteiger partial charge in [0.1, 0.15) is 17.4 Å². The van der Waals surface area contributed by atoms with Crippen LogP contribution in [0.25, 0.3) is 0 Å². The number of ether oxygens (including phenoxy) is 1. The van der Waals surface area contributed by atoms with Crippen LogP contribution in [0.15, 0.2) is 42.5 Å². The predicted octanol–water partition coefficient (Wildman–Crippen LogP) is 4.21. The summed E-state index contributed by atoms with van der Waals surface area (Å²) >= 11 is 0. The molecule has 0 fully saturated rings. The van der Waals surface area contributed by atoms with Gasteiger partial charge in [-0.3, -0.25) is 0 Å². The first-order valence-corrected chi connectivity index (χ1v) is 7.01. The van der Waals surface area contributed by atoms with E-state index >= 15 is 0 Å². The number of nitrogens with one attached hydrogen (secondary N) is 1. The lowest BCUT2D eigenvalue weighted by Crippen LogP contribution is -2.19. The predicted molar refractivity (Wildman–Crippen MR) is 79.2 cm³/mol. The van der Waals surface area contributed by atoms with Gasteiger partial charge in [0.25, 0.3) is 0 Å². The van der Waals surface area contributed by atoms with Crippen LogP contribution in [0.2, 0.25) is 0 Å². The Morgan fingerprint density at radius 3 is 2.62 bits per heavy atom. The van der Waals surface area contributed by atoms with Crippen LogP contribution in [0, 0.1) is 11.6 Å². The second-order valence-corrected chi connectivity index (χ2v) is 4.81. The molecule has 1 unspecified atom stereocenters. The summed E-state index contributed by atoms with van der Waals surface area (Å²) in [5, 5.41) is 3.23. The number of rotatable bonds is 6. The summed E-state index contributed by atoms with van der Waals surface area (Å²) < 4.78 is 32.2. The Morgan fingerprint density at radius 1 is 1.14 bits per heavy atom. The maximum atomic E-state index is 13.7. The summed E-state index contributed by atoms with van der Waals surface area (Å²) in [5.74, 6) is -0.280. The number of hydrogen-bond acceptors (Lipinski definition) is 2. The van der Waals surface area contributed by atoms with E-state index in [9.17, 15) is 8.78 Å². The Hall–Kier alpha value is -1.94. The van der Waals surface area contributed by atoms with Crippen molar-refractivity contribution >= 4 is 0 Å². The highest BCUT2D eigenvalue weighted by atomic mass is 19.1. The van der Waals surface area contributed by atoms with E-state index in [-0.39, 0.29) is 6.04 Å². The molecule has 112 valence electrons. The Morgan fingerprint density at radius 2 is 1.90 bits per heavy atom. The molecular formula is C17H19F2NO. The highest BCUT2D eigenvalue weighted by Gasteiger charge is 2.12. The average Bonchev–Trinajstić information content (AvgIpc) is 2.46. The van der Waals surface area contributed by atoms with Crippen LogP contribution < -0.4 is 10.1 Å². The van der Waals surface area contributed by atoms with E-state index in [0.717, 1.165) is 17.4 Å². The van der Waals surface area contributed by atoms with Gasteiger partial charge in [-0.05, 0) is 26.0 Å². The van der Waals surface area contributed by atoms with Gasteiger partial charge < -0.3 is 10.1 Å². The van der Waals surface area contributed by atoms with E-state index in [1.807, 2.05) is 38.1 Å². The lowest BCUT2D eigenvalue weighted by Gasteiger charge is -2.17. The van der Waals surface area contributed by atoms with Gasteiger partial charge in [-0.25, -0.2) is 8.78 Å². The van der Waals surface area contributed by atoms with Gasteiger partial charge in [0.05, 0.1) is 6.61 Å². The first-order chi connectivity index (χ1) is 10.1. The van der Waals surface area contributed by atoms with E-state index < -0.39 is 11.6 Å². The lowest BCUT2D eigenvalue weighted by molar-refractivity contribution is 0.334. The van der Waals surface area contributed by atoms with Crippen LogP contribution in [0.3, 0.4) is 0 Å². The van der Waals surface area contributed by atoms with E-state index in [2.05, 4.69) is 5.32 Å². The summed E-state index contributed by atoms with van der Waals surface area (Å²) in [4.78, 5) is 0. The maximum Gasteiger partial charge on any atom is 0.130 e. The second kappa shape index (κ2) is 7.18. The zero-order valence-corrected chi connectivity index (χ0v) is 12.2. The average molecular weight is 291 g/mol. The molecule has 1 N–H and O–H groups in total. The number of hydrogen-bond donors (Lipinski definition) is 1. The third kappa shape index (κ3) is 4.02. The SMILES string of the molecule is CCOc1ccccc1CNC(C)c1ccc(F)cc1F. The molecule has 0 radical (unpaired) electrons. The topological polar surface area (TPSA) is 21.3 Å². The van der Waals surface area contributed by atoms with Gasteiger partial charge in [0.2, 0.25) is 0 Å². The molecule has 0 spiro atoms. The summed E-state index contributed by atoms with van der Waals surface area (Å²) in [6.45, 7) is 4.92. The van der Waals surface area contributed by atoms with Crippen molar-refractivity contribution in [3.05, 3.63) is 65.2 Å². The smallest absolute Gasteiger partial charge is 0.130 e. The van der Waals surface area contributed by atoms with Crippen molar-refractivity contribution in [3.63, 3.8) is 0 Å². The zero-order chi connectivity index (χ0) is 15.2. The molecule has 0 bridgehead atoms. The lowest BCUT2D eigenvalue weighted by atomic mass is 10.1. The van der Waals surface area contributed by atoms with Crippen LogP contribution in [0.5, 0.6) is 5.75 Å². The first kappa shape index (κ1) is 15.4. The van der Waals surface area contributed by atoms with Gasteiger partial charge >= 0.3 is 0 Å². The molecule has 0 saturated carbocycles. The molecule has 0 aliphatic carbocycles. The van der Waals surface area contributed by atoms with Crippen molar-refractivity contribution in [2.24, 2.45) is 0 Å². The molecule has 21 heavy (non-hydrogen) atoms. The van der Waals surface area contributed by atoms with Gasteiger partial charge in [-0.2, -0.15) is 0 Å². The second-order valence-electron chi connectivity index (χ2n) is 4.81. The molecule has 2 aromatic carbocycles. The van der Waals surface area contributed by atoms with Crippen LogP contribution in [0.1, 0.15) is 31.0 Å². The van der Waals surface area contributed by atoms with Gasteiger partial charge in [0, 0.05) is 29.8 Å². The third-order valence-electron chi connectivity index (χ3n) is 3.30. The Balaban J connectivity index is 2.05. The molecule has 0 amide bonds. The summed E-state index contributed by atoms with van der Waals surface area (Å²) in [6.07, 6.45) is 0. The largest absolute Gasteiger partial charge is 0.494 e. The van der Waals surface area contributed by atoms with Gasteiger partial charge in [-0.15, -0.1) is 0 Å². The summed E-state index contributed by atoms with van der Waals surface area (Å²) in [6, 6.07) is 11.1. The fraction of sp³-hybridized carbons (Fsp3) is 0.294. The fourth-order valence-corrected chi connectivity index (χ4v) is 2.17. The molecule has 0 aromatic heterocycles. The fourth-order valence-electron chi connectivity index (χ4n) is 2.17. The number of benzene rings is 2. The van der Waals surface area contributed by atoms with Crippen LogP contribution >= 0.6 is 0 Å². The van der Waals surface area contributed by atoms with Crippen molar-refractivity contribution in [3.8, 4) is 5.75 Å². The molecular weight excluding hydrogens is 272 g/mol. The number of halogens is 2. The monoisotopic (exact) mass is 291 g/mol. The molecule has 2 rings (SSSR count). The molecule has 4 heteroatoms. The van der Waals surface area contributed by atoms with E-state index in [0.29, 0.717) is 18.7 Å². The van der Waals surface area contributed by atoms with Crippen LogP contribution in [-0.4, -0.2) is 6.61 Å². The molecule has 1 atom stereocenters. The van der Waals surface area contributed by atoms with Crippen LogP contribution in [0.4, 0.5) is 8.78 Å². The van der Waals surface area contributed by atoms with Crippen molar-refractivity contribution in [1.82, 2.24) is 5.32 Å².